The highest BCUT2D eigenvalue weighted by Crippen LogP contribution is 2.36. The average Bonchev–Trinajstić information content (AvgIpc) is 2.52. The number of nitrogens with one attached hydrogen (secondary N) is 1. The van der Waals surface area contributed by atoms with Crippen LogP contribution in [0.5, 0.6) is 5.75 Å². The minimum atomic E-state index is -4.60. The summed E-state index contributed by atoms with van der Waals surface area (Å²) in [6.45, 7) is 5.31. The standard InChI is InChI=1S/C18H17ClF3NO2/c1-10-5-4-6-16(11(10)2)25-12(3)17(24)23-13-7-8-15(19)14(9-13)18(20,21)22/h4-9,12H,1-3H3,(H,23,24)/t12-/m0/s1. The molecule has 1 N–H and O–H groups in total. The molecule has 134 valence electrons. The van der Waals surface area contributed by atoms with Gasteiger partial charge >= 0.3 is 6.18 Å². The summed E-state index contributed by atoms with van der Waals surface area (Å²) in [5.74, 6) is -0.00825. The summed E-state index contributed by atoms with van der Waals surface area (Å²) in [5, 5.41) is 1.99. The second-order valence-corrected chi connectivity index (χ2v) is 6.05. The van der Waals surface area contributed by atoms with Gasteiger partial charge in [0.1, 0.15) is 5.75 Å². The zero-order valence-corrected chi connectivity index (χ0v) is 14.6. The number of carbonyl (C=O) groups is 1. The summed E-state index contributed by atoms with van der Waals surface area (Å²) in [7, 11) is 0. The normalized spacial score (nSPS) is 12.6. The van der Waals surface area contributed by atoms with E-state index < -0.39 is 28.8 Å². The predicted octanol–water partition coefficient (Wildman–Crippen LogP) is 5.38. The molecule has 0 radical (unpaired) electrons. The maximum atomic E-state index is 12.9. The molecule has 1 amide bonds. The van der Waals surface area contributed by atoms with E-state index >= 15 is 0 Å². The summed E-state index contributed by atoms with van der Waals surface area (Å²) in [5.41, 5.74) is 0.902. The molecule has 0 unspecified atom stereocenters. The average molecular weight is 372 g/mol. The highest BCUT2D eigenvalue weighted by Gasteiger charge is 2.33. The Bertz CT molecular complexity index is 790. The number of halogens is 4. The second kappa shape index (κ2) is 7.35. The van der Waals surface area contributed by atoms with Gasteiger partial charge in [-0.15, -0.1) is 0 Å². The van der Waals surface area contributed by atoms with Crippen LogP contribution in [0.4, 0.5) is 18.9 Å². The molecule has 2 rings (SSSR count). The molecule has 0 saturated heterocycles. The maximum absolute atomic E-state index is 12.9. The first-order chi connectivity index (χ1) is 11.6. The fourth-order valence-electron chi connectivity index (χ4n) is 2.16. The molecule has 0 saturated carbocycles. The Balaban J connectivity index is 2.13. The Labute approximate surface area is 148 Å². The lowest BCUT2D eigenvalue weighted by Crippen LogP contribution is -2.30. The van der Waals surface area contributed by atoms with Gasteiger partial charge in [-0.3, -0.25) is 4.79 Å². The van der Waals surface area contributed by atoms with Crippen LogP contribution in [-0.2, 0) is 11.0 Å². The minimum Gasteiger partial charge on any atom is -0.481 e. The molecule has 0 aliphatic heterocycles. The van der Waals surface area contributed by atoms with Crippen LogP contribution in [-0.4, -0.2) is 12.0 Å². The van der Waals surface area contributed by atoms with Crippen molar-refractivity contribution < 1.29 is 22.7 Å². The Kier molecular flexibility index (Phi) is 5.62. The molecule has 0 aliphatic rings. The van der Waals surface area contributed by atoms with Gasteiger partial charge in [0.2, 0.25) is 0 Å². The molecule has 25 heavy (non-hydrogen) atoms. The Morgan fingerprint density at radius 3 is 2.52 bits per heavy atom. The SMILES string of the molecule is Cc1cccc(O[C@@H](C)C(=O)Nc2ccc(Cl)c(C(F)(F)F)c2)c1C. The predicted molar refractivity (Wildman–Crippen MR) is 91.1 cm³/mol. The van der Waals surface area contributed by atoms with Gasteiger partial charge in [-0.2, -0.15) is 13.2 Å². The monoisotopic (exact) mass is 371 g/mol. The zero-order valence-electron chi connectivity index (χ0n) is 13.9. The number of anilines is 1. The lowest BCUT2D eigenvalue weighted by Gasteiger charge is -2.18. The van der Waals surface area contributed by atoms with Gasteiger partial charge in [0.05, 0.1) is 10.6 Å². The van der Waals surface area contributed by atoms with Gasteiger partial charge in [-0.05, 0) is 56.2 Å². The van der Waals surface area contributed by atoms with E-state index in [1.165, 1.54) is 13.0 Å². The summed E-state index contributed by atoms with van der Waals surface area (Å²) in [4.78, 5) is 12.2. The van der Waals surface area contributed by atoms with Gasteiger partial charge in [-0.25, -0.2) is 0 Å². The van der Waals surface area contributed by atoms with Crippen LogP contribution in [0.1, 0.15) is 23.6 Å². The summed E-state index contributed by atoms with van der Waals surface area (Å²) in [6.07, 6.45) is -5.48. The Hall–Kier alpha value is -2.21. The van der Waals surface area contributed by atoms with Crippen molar-refractivity contribution in [3.05, 3.63) is 58.1 Å². The van der Waals surface area contributed by atoms with Crippen molar-refractivity contribution in [2.45, 2.75) is 33.1 Å². The van der Waals surface area contributed by atoms with Crippen LogP contribution in [0.15, 0.2) is 36.4 Å². The van der Waals surface area contributed by atoms with Crippen LogP contribution >= 0.6 is 11.6 Å². The molecule has 1 atom stereocenters. The number of carbonyl (C=O) groups excluding carboxylic acids is 1. The van der Waals surface area contributed by atoms with E-state index in [1.807, 2.05) is 19.9 Å². The third-order valence-corrected chi connectivity index (χ3v) is 4.10. The van der Waals surface area contributed by atoms with E-state index in [1.54, 1.807) is 12.1 Å². The van der Waals surface area contributed by atoms with Crippen LogP contribution < -0.4 is 10.1 Å². The first-order valence-corrected chi connectivity index (χ1v) is 7.88. The highest BCUT2D eigenvalue weighted by molar-refractivity contribution is 6.31. The molecular weight excluding hydrogens is 355 g/mol. The van der Waals surface area contributed by atoms with Crippen LogP contribution in [0.2, 0.25) is 5.02 Å². The van der Waals surface area contributed by atoms with Gasteiger partial charge in [0.15, 0.2) is 6.10 Å². The van der Waals surface area contributed by atoms with E-state index in [0.29, 0.717) is 5.75 Å². The summed E-state index contributed by atoms with van der Waals surface area (Å²) < 4.78 is 44.2. The smallest absolute Gasteiger partial charge is 0.417 e. The van der Waals surface area contributed by atoms with E-state index in [0.717, 1.165) is 23.3 Å². The van der Waals surface area contributed by atoms with Crippen molar-refractivity contribution in [2.24, 2.45) is 0 Å². The number of ether oxygens (including phenoxy) is 1. The Morgan fingerprint density at radius 1 is 1.20 bits per heavy atom. The first kappa shape index (κ1) is 19.1. The van der Waals surface area contributed by atoms with E-state index in [-0.39, 0.29) is 5.69 Å². The van der Waals surface area contributed by atoms with E-state index in [9.17, 15) is 18.0 Å². The minimum absolute atomic E-state index is 0.00172. The summed E-state index contributed by atoms with van der Waals surface area (Å²) >= 11 is 5.56. The van der Waals surface area contributed by atoms with Gasteiger partial charge in [0.25, 0.3) is 5.91 Å². The number of alkyl halides is 3. The van der Waals surface area contributed by atoms with E-state index in [2.05, 4.69) is 5.32 Å². The third kappa shape index (κ3) is 4.66. The van der Waals surface area contributed by atoms with Crippen LogP contribution in [0.25, 0.3) is 0 Å². The molecule has 0 aromatic heterocycles. The number of rotatable bonds is 4. The van der Waals surface area contributed by atoms with Gasteiger partial charge < -0.3 is 10.1 Å². The number of hydrogen-bond donors (Lipinski definition) is 1. The van der Waals surface area contributed by atoms with Crippen molar-refractivity contribution in [2.75, 3.05) is 5.32 Å². The number of aryl methyl sites for hydroxylation is 1. The molecule has 7 heteroatoms. The van der Waals surface area contributed by atoms with E-state index in [4.69, 9.17) is 16.3 Å². The first-order valence-electron chi connectivity index (χ1n) is 7.50. The third-order valence-electron chi connectivity index (χ3n) is 3.77. The molecular formula is C18H17ClF3NO2. The number of benzene rings is 2. The quantitative estimate of drug-likeness (QED) is 0.783. The molecule has 0 bridgehead atoms. The molecule has 0 heterocycles. The van der Waals surface area contributed by atoms with Gasteiger partial charge in [0, 0.05) is 5.69 Å². The van der Waals surface area contributed by atoms with Crippen molar-refractivity contribution in [1.82, 2.24) is 0 Å². The van der Waals surface area contributed by atoms with Crippen LogP contribution in [0, 0.1) is 13.8 Å². The lowest BCUT2D eigenvalue weighted by molar-refractivity contribution is -0.137. The fourth-order valence-corrected chi connectivity index (χ4v) is 2.38. The maximum Gasteiger partial charge on any atom is 0.417 e. The largest absolute Gasteiger partial charge is 0.481 e. The number of hydrogen-bond acceptors (Lipinski definition) is 2. The molecule has 0 fully saturated rings. The van der Waals surface area contributed by atoms with Crippen molar-refractivity contribution in [1.29, 1.82) is 0 Å². The summed E-state index contributed by atoms with van der Waals surface area (Å²) in [6, 6.07) is 8.65. The van der Waals surface area contributed by atoms with Crippen molar-refractivity contribution in [3.63, 3.8) is 0 Å². The number of amides is 1. The lowest BCUT2D eigenvalue weighted by atomic mass is 10.1. The zero-order chi connectivity index (χ0) is 18.8. The molecule has 0 aliphatic carbocycles. The van der Waals surface area contributed by atoms with Crippen molar-refractivity contribution >= 4 is 23.2 Å². The van der Waals surface area contributed by atoms with Crippen molar-refractivity contribution in [3.8, 4) is 5.75 Å². The molecule has 2 aromatic rings. The molecule has 0 spiro atoms. The fraction of sp³-hybridized carbons (Fsp3) is 0.278. The molecule has 2 aromatic carbocycles. The Morgan fingerprint density at radius 2 is 1.88 bits per heavy atom. The second-order valence-electron chi connectivity index (χ2n) is 5.64. The molecule has 3 nitrogen and oxygen atoms in total. The van der Waals surface area contributed by atoms with Gasteiger partial charge in [-0.1, -0.05) is 23.7 Å². The van der Waals surface area contributed by atoms with Crippen LogP contribution in [0.3, 0.4) is 0 Å². The highest BCUT2D eigenvalue weighted by atomic mass is 35.5. The topological polar surface area (TPSA) is 38.3 Å².